The molecule has 2 rings (SSSR count). The van der Waals surface area contributed by atoms with Crippen molar-refractivity contribution in [3.05, 3.63) is 22.4 Å². The summed E-state index contributed by atoms with van der Waals surface area (Å²) in [7, 11) is 1.65. The van der Waals surface area contributed by atoms with Crippen LogP contribution >= 0.6 is 15.9 Å². The number of benzene rings is 1. The van der Waals surface area contributed by atoms with Crippen LogP contribution in [0.2, 0.25) is 0 Å². The Morgan fingerprint density at radius 3 is 2.68 bits per heavy atom. The maximum atomic E-state index is 14.2. The van der Waals surface area contributed by atoms with Gasteiger partial charge in [-0.3, -0.25) is 9.59 Å². The zero-order valence-corrected chi connectivity index (χ0v) is 14.3. The van der Waals surface area contributed by atoms with E-state index in [2.05, 4.69) is 26.6 Å². The van der Waals surface area contributed by atoms with E-state index < -0.39 is 11.7 Å². The highest BCUT2D eigenvalue weighted by Gasteiger charge is 2.32. The van der Waals surface area contributed by atoms with Crippen molar-refractivity contribution >= 4 is 39.1 Å². The molecule has 1 heterocycles. The monoisotopic (exact) mass is 371 g/mol. The second-order valence-corrected chi connectivity index (χ2v) is 6.69. The Bertz CT molecular complexity index is 607. The van der Waals surface area contributed by atoms with E-state index in [1.165, 1.54) is 11.0 Å². The number of likely N-dealkylation sites (tertiary alicyclic amines) is 1. The molecule has 5 nitrogen and oxygen atoms in total. The topological polar surface area (TPSA) is 61.4 Å². The fraction of sp³-hybridized carbons (Fsp3) is 0.467. The van der Waals surface area contributed by atoms with Gasteiger partial charge in [-0.15, -0.1) is 0 Å². The quantitative estimate of drug-likeness (QED) is 0.855. The zero-order chi connectivity index (χ0) is 16.4. The fourth-order valence-corrected chi connectivity index (χ4v) is 2.82. The minimum atomic E-state index is -0.524. The summed E-state index contributed by atoms with van der Waals surface area (Å²) < 4.78 is 14.8. The summed E-state index contributed by atoms with van der Waals surface area (Å²) in [4.78, 5) is 25.3. The van der Waals surface area contributed by atoms with Gasteiger partial charge in [0.05, 0.1) is 11.6 Å². The Labute approximate surface area is 137 Å². The van der Waals surface area contributed by atoms with Gasteiger partial charge in [-0.2, -0.15) is 0 Å². The predicted octanol–water partition coefficient (Wildman–Crippen LogP) is 2.83. The van der Waals surface area contributed by atoms with Gasteiger partial charge in [0.15, 0.2) is 0 Å². The SMILES string of the molecule is CC(C)Nc1cc(Br)cc(F)c1NC(=O)[C@@H]1CC(=O)N(C)C1. The Kier molecular flexibility index (Phi) is 5.05. The molecule has 0 aromatic heterocycles. The molecule has 1 aliphatic heterocycles. The van der Waals surface area contributed by atoms with Crippen LogP contribution in [-0.4, -0.2) is 36.3 Å². The number of hydrogen-bond acceptors (Lipinski definition) is 3. The van der Waals surface area contributed by atoms with Gasteiger partial charge in [0.1, 0.15) is 11.5 Å². The average molecular weight is 372 g/mol. The van der Waals surface area contributed by atoms with E-state index in [-0.39, 0.29) is 30.0 Å². The Morgan fingerprint density at radius 1 is 1.45 bits per heavy atom. The molecule has 0 bridgehead atoms. The number of nitrogens with one attached hydrogen (secondary N) is 2. The lowest BCUT2D eigenvalue weighted by Crippen LogP contribution is -2.26. The maximum Gasteiger partial charge on any atom is 0.229 e. The van der Waals surface area contributed by atoms with Crippen LogP contribution in [0, 0.1) is 11.7 Å². The second kappa shape index (κ2) is 6.64. The van der Waals surface area contributed by atoms with Gasteiger partial charge < -0.3 is 15.5 Å². The van der Waals surface area contributed by atoms with Crippen molar-refractivity contribution in [1.29, 1.82) is 0 Å². The van der Waals surface area contributed by atoms with E-state index >= 15 is 0 Å². The van der Waals surface area contributed by atoms with Crippen LogP contribution in [0.1, 0.15) is 20.3 Å². The molecule has 7 heteroatoms. The third-order valence-electron chi connectivity index (χ3n) is 3.46. The molecule has 0 spiro atoms. The molecule has 0 unspecified atom stereocenters. The van der Waals surface area contributed by atoms with Crippen LogP contribution in [0.3, 0.4) is 0 Å². The first-order valence-corrected chi connectivity index (χ1v) is 7.87. The number of halogens is 2. The van der Waals surface area contributed by atoms with E-state index in [1.54, 1.807) is 13.1 Å². The first-order valence-electron chi connectivity index (χ1n) is 7.08. The van der Waals surface area contributed by atoms with Gasteiger partial charge in [-0.05, 0) is 26.0 Å². The van der Waals surface area contributed by atoms with Crippen molar-refractivity contribution in [2.45, 2.75) is 26.3 Å². The summed E-state index contributed by atoms with van der Waals surface area (Å²) in [6, 6.07) is 3.10. The standard InChI is InChI=1S/C15H19BrFN3O2/c1-8(2)18-12-6-10(16)5-11(17)14(12)19-15(22)9-4-13(21)20(3)7-9/h5-6,8-9,18H,4,7H2,1-3H3,(H,19,22)/t9-/m1/s1. The van der Waals surface area contributed by atoms with Crippen molar-refractivity contribution in [3.63, 3.8) is 0 Å². The molecule has 22 heavy (non-hydrogen) atoms. The van der Waals surface area contributed by atoms with Crippen molar-refractivity contribution in [3.8, 4) is 0 Å². The minimum absolute atomic E-state index is 0.0723. The Morgan fingerprint density at radius 2 is 2.14 bits per heavy atom. The van der Waals surface area contributed by atoms with Crippen LogP contribution in [0.15, 0.2) is 16.6 Å². The molecule has 2 amide bonds. The normalized spacial score (nSPS) is 18.0. The average Bonchev–Trinajstić information content (AvgIpc) is 2.73. The van der Waals surface area contributed by atoms with Crippen LogP contribution in [0.5, 0.6) is 0 Å². The number of nitrogens with zero attached hydrogens (tertiary/aromatic N) is 1. The van der Waals surface area contributed by atoms with Gasteiger partial charge in [0, 0.05) is 30.5 Å². The number of rotatable bonds is 4. The van der Waals surface area contributed by atoms with E-state index in [0.717, 1.165) is 0 Å². The van der Waals surface area contributed by atoms with E-state index in [9.17, 15) is 14.0 Å². The molecule has 1 aromatic rings. The van der Waals surface area contributed by atoms with Gasteiger partial charge >= 0.3 is 0 Å². The Balaban J connectivity index is 2.21. The van der Waals surface area contributed by atoms with Gasteiger partial charge in [-0.25, -0.2) is 4.39 Å². The van der Waals surface area contributed by atoms with Crippen molar-refractivity contribution < 1.29 is 14.0 Å². The summed E-state index contributed by atoms with van der Waals surface area (Å²) >= 11 is 3.24. The first kappa shape index (κ1) is 16.7. The molecule has 0 radical (unpaired) electrons. The summed E-state index contributed by atoms with van der Waals surface area (Å²) in [6.45, 7) is 4.21. The summed E-state index contributed by atoms with van der Waals surface area (Å²) in [5, 5.41) is 5.72. The lowest BCUT2D eigenvalue weighted by Gasteiger charge is -2.18. The first-order chi connectivity index (χ1) is 10.3. The lowest BCUT2D eigenvalue weighted by atomic mass is 10.1. The second-order valence-electron chi connectivity index (χ2n) is 5.77. The van der Waals surface area contributed by atoms with E-state index in [0.29, 0.717) is 16.7 Å². The highest BCUT2D eigenvalue weighted by molar-refractivity contribution is 9.10. The number of carbonyl (C=O) groups excluding carboxylic acids is 2. The number of amides is 2. The molecule has 0 saturated carbocycles. The van der Waals surface area contributed by atoms with E-state index in [4.69, 9.17) is 0 Å². The third-order valence-corrected chi connectivity index (χ3v) is 3.92. The largest absolute Gasteiger partial charge is 0.381 e. The molecule has 1 fully saturated rings. The number of anilines is 2. The third kappa shape index (κ3) is 3.76. The molecule has 1 atom stereocenters. The molecule has 2 N–H and O–H groups in total. The highest BCUT2D eigenvalue weighted by atomic mass is 79.9. The summed E-state index contributed by atoms with van der Waals surface area (Å²) in [6.07, 6.45) is 0.160. The Hall–Kier alpha value is -1.63. The summed E-state index contributed by atoms with van der Waals surface area (Å²) in [5.74, 6) is -1.39. The van der Waals surface area contributed by atoms with Crippen LogP contribution in [0.4, 0.5) is 15.8 Å². The van der Waals surface area contributed by atoms with Crippen molar-refractivity contribution in [2.24, 2.45) is 5.92 Å². The minimum Gasteiger partial charge on any atom is -0.381 e. The van der Waals surface area contributed by atoms with Gasteiger partial charge in [0.2, 0.25) is 11.8 Å². The molecule has 0 aliphatic carbocycles. The smallest absolute Gasteiger partial charge is 0.229 e. The molecular formula is C15H19BrFN3O2. The number of carbonyl (C=O) groups is 2. The lowest BCUT2D eigenvalue weighted by molar-refractivity contribution is -0.127. The zero-order valence-electron chi connectivity index (χ0n) is 12.7. The molecule has 120 valence electrons. The van der Waals surface area contributed by atoms with Crippen molar-refractivity contribution in [2.75, 3.05) is 24.2 Å². The summed E-state index contributed by atoms with van der Waals surface area (Å²) in [5.41, 5.74) is 0.622. The van der Waals surface area contributed by atoms with Gasteiger partial charge in [-0.1, -0.05) is 15.9 Å². The van der Waals surface area contributed by atoms with Crippen LogP contribution < -0.4 is 10.6 Å². The maximum absolute atomic E-state index is 14.2. The fourth-order valence-electron chi connectivity index (χ4n) is 2.39. The number of hydrogen-bond donors (Lipinski definition) is 2. The van der Waals surface area contributed by atoms with Gasteiger partial charge in [0.25, 0.3) is 0 Å². The predicted molar refractivity (Wildman–Crippen MR) is 87.2 cm³/mol. The molecule has 1 aliphatic rings. The molecule has 1 saturated heterocycles. The van der Waals surface area contributed by atoms with E-state index in [1.807, 2.05) is 13.8 Å². The molecular weight excluding hydrogens is 353 g/mol. The van der Waals surface area contributed by atoms with Crippen LogP contribution in [-0.2, 0) is 9.59 Å². The van der Waals surface area contributed by atoms with Crippen molar-refractivity contribution in [1.82, 2.24) is 4.90 Å². The van der Waals surface area contributed by atoms with Crippen LogP contribution in [0.25, 0.3) is 0 Å². The molecule has 1 aromatic carbocycles. The highest BCUT2D eigenvalue weighted by Crippen LogP contribution is 2.31.